The minimum atomic E-state index is 0.474. The molecule has 1 aromatic rings. The standard InChI is InChI=1S/C11H18BrN3/c1-8(2)10(12)7-9-5-6-13-11(14-9)15(3)4/h5-6,8,10H,7H2,1-4H3. The highest BCUT2D eigenvalue weighted by molar-refractivity contribution is 9.09. The van der Waals surface area contributed by atoms with Crippen molar-refractivity contribution < 1.29 is 0 Å². The molecule has 0 aliphatic carbocycles. The molecule has 1 atom stereocenters. The summed E-state index contributed by atoms with van der Waals surface area (Å²) < 4.78 is 0. The van der Waals surface area contributed by atoms with Gasteiger partial charge in [-0.15, -0.1) is 0 Å². The van der Waals surface area contributed by atoms with E-state index in [2.05, 4.69) is 39.7 Å². The molecular weight excluding hydrogens is 254 g/mol. The van der Waals surface area contributed by atoms with Crippen LogP contribution in [-0.4, -0.2) is 28.9 Å². The van der Waals surface area contributed by atoms with Crippen LogP contribution in [0.5, 0.6) is 0 Å². The highest BCUT2D eigenvalue weighted by Crippen LogP contribution is 2.17. The monoisotopic (exact) mass is 271 g/mol. The molecule has 0 spiro atoms. The molecule has 0 radical (unpaired) electrons. The van der Waals surface area contributed by atoms with Gasteiger partial charge < -0.3 is 4.90 Å². The summed E-state index contributed by atoms with van der Waals surface area (Å²) in [5.74, 6) is 1.39. The molecule has 0 amide bonds. The lowest BCUT2D eigenvalue weighted by atomic mass is 10.1. The van der Waals surface area contributed by atoms with Gasteiger partial charge in [0.2, 0.25) is 5.95 Å². The quantitative estimate of drug-likeness (QED) is 0.789. The number of halogens is 1. The molecular formula is C11H18BrN3. The first-order chi connectivity index (χ1) is 7.00. The molecule has 1 rings (SSSR count). The maximum Gasteiger partial charge on any atom is 0.224 e. The van der Waals surface area contributed by atoms with Crippen molar-refractivity contribution in [3.63, 3.8) is 0 Å². The summed E-state index contributed by atoms with van der Waals surface area (Å²) in [5, 5.41) is 0. The van der Waals surface area contributed by atoms with Crippen molar-refractivity contribution >= 4 is 21.9 Å². The van der Waals surface area contributed by atoms with Gasteiger partial charge in [0.05, 0.1) is 0 Å². The zero-order valence-electron chi connectivity index (χ0n) is 9.74. The lowest BCUT2D eigenvalue weighted by molar-refractivity contribution is 0.607. The van der Waals surface area contributed by atoms with E-state index in [9.17, 15) is 0 Å². The molecule has 84 valence electrons. The van der Waals surface area contributed by atoms with Crippen molar-refractivity contribution in [3.05, 3.63) is 18.0 Å². The maximum atomic E-state index is 4.48. The van der Waals surface area contributed by atoms with Gasteiger partial charge in [0.1, 0.15) is 0 Å². The van der Waals surface area contributed by atoms with Crippen molar-refractivity contribution in [1.29, 1.82) is 0 Å². The van der Waals surface area contributed by atoms with Gasteiger partial charge in [-0.3, -0.25) is 0 Å². The Kier molecular flexibility index (Phi) is 4.51. The summed E-state index contributed by atoms with van der Waals surface area (Å²) in [6, 6.07) is 1.98. The molecule has 1 heterocycles. The van der Waals surface area contributed by atoms with E-state index < -0.39 is 0 Å². The smallest absolute Gasteiger partial charge is 0.224 e. The van der Waals surface area contributed by atoms with Gasteiger partial charge in [0.15, 0.2) is 0 Å². The number of hydrogen-bond donors (Lipinski definition) is 0. The summed E-state index contributed by atoms with van der Waals surface area (Å²) >= 11 is 3.67. The van der Waals surface area contributed by atoms with E-state index in [1.54, 1.807) is 0 Å². The van der Waals surface area contributed by atoms with E-state index in [0.717, 1.165) is 18.1 Å². The maximum absolute atomic E-state index is 4.48. The first kappa shape index (κ1) is 12.4. The van der Waals surface area contributed by atoms with Gasteiger partial charge in [-0.25, -0.2) is 9.97 Å². The molecule has 15 heavy (non-hydrogen) atoms. The first-order valence-corrected chi connectivity index (χ1v) is 6.05. The lowest BCUT2D eigenvalue weighted by Crippen LogP contribution is -2.16. The fourth-order valence-electron chi connectivity index (χ4n) is 1.15. The van der Waals surface area contributed by atoms with Crippen molar-refractivity contribution in [2.24, 2.45) is 5.92 Å². The van der Waals surface area contributed by atoms with Gasteiger partial charge in [0.25, 0.3) is 0 Å². The second kappa shape index (κ2) is 5.45. The van der Waals surface area contributed by atoms with Crippen LogP contribution >= 0.6 is 15.9 Å². The second-order valence-electron chi connectivity index (χ2n) is 4.21. The molecule has 0 N–H and O–H groups in total. The molecule has 0 aliphatic heterocycles. The Morgan fingerprint density at radius 2 is 2.07 bits per heavy atom. The van der Waals surface area contributed by atoms with Crippen LogP contribution in [0, 0.1) is 5.92 Å². The number of anilines is 1. The normalized spacial score (nSPS) is 12.9. The number of nitrogens with zero attached hydrogens (tertiary/aromatic N) is 3. The SMILES string of the molecule is CC(C)C(Br)Cc1ccnc(N(C)C)n1. The summed E-state index contributed by atoms with van der Waals surface area (Å²) in [7, 11) is 3.90. The third-order valence-electron chi connectivity index (χ3n) is 2.23. The molecule has 0 bridgehead atoms. The zero-order valence-corrected chi connectivity index (χ0v) is 11.3. The molecule has 0 saturated carbocycles. The molecule has 1 unspecified atom stereocenters. The molecule has 0 saturated heterocycles. The Bertz CT molecular complexity index is 312. The van der Waals surface area contributed by atoms with E-state index in [-0.39, 0.29) is 0 Å². The summed E-state index contributed by atoms with van der Waals surface area (Å²) in [5.41, 5.74) is 1.09. The Balaban J connectivity index is 2.73. The number of alkyl halides is 1. The van der Waals surface area contributed by atoms with Gasteiger partial charge in [-0.2, -0.15) is 0 Å². The van der Waals surface area contributed by atoms with Crippen LogP contribution in [0.3, 0.4) is 0 Å². The van der Waals surface area contributed by atoms with Crippen LogP contribution in [-0.2, 0) is 6.42 Å². The topological polar surface area (TPSA) is 29.0 Å². The van der Waals surface area contributed by atoms with Crippen LogP contribution in [0.4, 0.5) is 5.95 Å². The average Bonchev–Trinajstić information content (AvgIpc) is 2.18. The Hall–Kier alpha value is -0.640. The van der Waals surface area contributed by atoms with Gasteiger partial charge >= 0.3 is 0 Å². The van der Waals surface area contributed by atoms with Crippen LogP contribution in [0.15, 0.2) is 12.3 Å². The van der Waals surface area contributed by atoms with Crippen LogP contribution in [0.1, 0.15) is 19.5 Å². The van der Waals surface area contributed by atoms with E-state index >= 15 is 0 Å². The minimum absolute atomic E-state index is 0.474. The molecule has 4 heteroatoms. The van der Waals surface area contributed by atoms with E-state index in [1.807, 2.05) is 31.3 Å². The number of aromatic nitrogens is 2. The lowest BCUT2D eigenvalue weighted by Gasteiger charge is -2.15. The van der Waals surface area contributed by atoms with Crippen molar-refractivity contribution in [2.75, 3.05) is 19.0 Å². The van der Waals surface area contributed by atoms with E-state index in [4.69, 9.17) is 0 Å². The molecule has 3 nitrogen and oxygen atoms in total. The predicted octanol–water partition coefficient (Wildman–Crippen LogP) is 2.50. The minimum Gasteiger partial charge on any atom is -0.347 e. The summed E-state index contributed by atoms with van der Waals surface area (Å²) in [6.07, 6.45) is 2.76. The zero-order chi connectivity index (χ0) is 11.4. The van der Waals surface area contributed by atoms with Gasteiger partial charge in [0, 0.05) is 37.2 Å². The summed E-state index contributed by atoms with van der Waals surface area (Å²) in [4.78, 5) is 11.1. The Labute approximate surface area is 100 Å². The molecule has 0 fully saturated rings. The highest BCUT2D eigenvalue weighted by atomic mass is 79.9. The first-order valence-electron chi connectivity index (χ1n) is 5.14. The fourth-order valence-corrected chi connectivity index (χ4v) is 1.48. The molecule has 0 aromatic carbocycles. The molecule has 1 aromatic heterocycles. The third-order valence-corrected chi connectivity index (χ3v) is 3.61. The third kappa shape index (κ3) is 3.78. The fraction of sp³-hybridized carbons (Fsp3) is 0.636. The van der Waals surface area contributed by atoms with Crippen LogP contribution < -0.4 is 4.90 Å². The second-order valence-corrected chi connectivity index (χ2v) is 5.38. The van der Waals surface area contributed by atoms with Crippen molar-refractivity contribution in [3.8, 4) is 0 Å². The summed E-state index contributed by atoms with van der Waals surface area (Å²) in [6.45, 7) is 4.40. The highest BCUT2D eigenvalue weighted by Gasteiger charge is 2.11. The van der Waals surface area contributed by atoms with Gasteiger partial charge in [-0.1, -0.05) is 29.8 Å². The largest absolute Gasteiger partial charge is 0.347 e. The Morgan fingerprint density at radius 1 is 1.40 bits per heavy atom. The number of rotatable bonds is 4. The van der Waals surface area contributed by atoms with Crippen LogP contribution in [0.25, 0.3) is 0 Å². The Morgan fingerprint density at radius 3 is 2.60 bits per heavy atom. The molecule has 0 aliphatic rings. The van der Waals surface area contributed by atoms with Crippen LogP contribution in [0.2, 0.25) is 0 Å². The van der Waals surface area contributed by atoms with Gasteiger partial charge in [-0.05, 0) is 12.0 Å². The van der Waals surface area contributed by atoms with Crippen molar-refractivity contribution in [1.82, 2.24) is 9.97 Å². The van der Waals surface area contributed by atoms with E-state index in [1.165, 1.54) is 0 Å². The average molecular weight is 272 g/mol. The predicted molar refractivity (Wildman–Crippen MR) is 67.6 cm³/mol. The van der Waals surface area contributed by atoms with Crippen molar-refractivity contribution in [2.45, 2.75) is 25.1 Å². The van der Waals surface area contributed by atoms with E-state index in [0.29, 0.717) is 10.7 Å². The number of hydrogen-bond acceptors (Lipinski definition) is 3.